The number of carbonyl (C=O) groups is 1. The third-order valence-electron chi connectivity index (χ3n) is 1.70. The maximum Gasteiger partial charge on any atom is 0.135 e. The lowest BCUT2D eigenvalue weighted by Gasteiger charge is -2.15. The summed E-state index contributed by atoms with van der Waals surface area (Å²) < 4.78 is 10.00. The predicted molar refractivity (Wildman–Crippen MR) is 48.1 cm³/mol. The lowest BCUT2D eigenvalue weighted by Crippen LogP contribution is -2.37. The fraction of sp³-hybridized carbons (Fsp3) is 0.300. The predicted octanol–water partition coefficient (Wildman–Crippen LogP) is 0.212. The maximum atomic E-state index is 10.4. The van der Waals surface area contributed by atoms with Crippen molar-refractivity contribution in [1.29, 1.82) is 0 Å². The third-order valence-corrected chi connectivity index (χ3v) is 1.70. The molecule has 4 nitrogen and oxygen atoms in total. The fourth-order valence-electron chi connectivity index (χ4n) is 0.907. The molecule has 1 atom stereocenters. The van der Waals surface area contributed by atoms with Crippen molar-refractivity contribution >= 4 is 5.97 Å². The Morgan fingerprint density at radius 2 is 1.79 bits per heavy atom. The van der Waals surface area contributed by atoms with E-state index in [0.29, 0.717) is 11.5 Å². The molecule has 1 aromatic carbocycles. The van der Waals surface area contributed by atoms with Crippen LogP contribution >= 0.6 is 0 Å². The quantitative estimate of drug-likeness (QED) is 0.689. The number of carboxylic acids is 1. The minimum absolute atomic E-state index is 0.475. The maximum absolute atomic E-state index is 10.4. The van der Waals surface area contributed by atoms with Crippen molar-refractivity contribution < 1.29 is 19.4 Å². The van der Waals surface area contributed by atoms with Gasteiger partial charge in [0, 0.05) is 0 Å². The molecule has 0 saturated heterocycles. The van der Waals surface area contributed by atoms with Crippen LogP contribution in [-0.4, -0.2) is 19.2 Å². The van der Waals surface area contributed by atoms with Crippen LogP contribution < -0.4 is 14.6 Å². The topological polar surface area (TPSA) is 58.6 Å². The lowest BCUT2D eigenvalue weighted by molar-refractivity contribution is -0.312. The van der Waals surface area contributed by atoms with Gasteiger partial charge in [-0.1, -0.05) is 0 Å². The minimum atomic E-state index is -1.24. The first-order chi connectivity index (χ1) is 6.63. The molecule has 0 aromatic heterocycles. The Labute approximate surface area is 82.1 Å². The summed E-state index contributed by atoms with van der Waals surface area (Å²) in [4.78, 5) is 10.4. The van der Waals surface area contributed by atoms with Crippen molar-refractivity contribution in [3.05, 3.63) is 24.3 Å². The highest BCUT2D eigenvalue weighted by Crippen LogP contribution is 2.17. The second-order valence-electron chi connectivity index (χ2n) is 2.75. The summed E-state index contributed by atoms with van der Waals surface area (Å²) in [5, 5.41) is 10.4. The summed E-state index contributed by atoms with van der Waals surface area (Å²) in [6.07, 6.45) is -0.955. The Balaban J connectivity index is 2.64. The SMILES string of the molecule is COc1ccc(O[C@@H](C)C(=O)[O-])cc1. The van der Waals surface area contributed by atoms with Crippen LogP contribution in [0.4, 0.5) is 0 Å². The molecule has 14 heavy (non-hydrogen) atoms. The van der Waals surface area contributed by atoms with E-state index in [0.717, 1.165) is 0 Å². The Bertz CT molecular complexity index is 304. The normalized spacial score (nSPS) is 11.9. The van der Waals surface area contributed by atoms with E-state index in [9.17, 15) is 9.90 Å². The summed E-state index contributed by atoms with van der Waals surface area (Å²) in [6, 6.07) is 6.66. The number of benzene rings is 1. The molecule has 1 rings (SSSR count). The van der Waals surface area contributed by atoms with E-state index in [1.54, 1.807) is 31.4 Å². The van der Waals surface area contributed by atoms with Gasteiger partial charge in [-0.25, -0.2) is 0 Å². The first kappa shape index (κ1) is 10.4. The van der Waals surface area contributed by atoms with Gasteiger partial charge in [-0.3, -0.25) is 0 Å². The average molecular weight is 195 g/mol. The molecule has 0 aliphatic rings. The van der Waals surface area contributed by atoms with Gasteiger partial charge >= 0.3 is 0 Å². The highest BCUT2D eigenvalue weighted by atomic mass is 16.5. The molecule has 0 N–H and O–H groups in total. The largest absolute Gasteiger partial charge is 0.546 e. The molecule has 0 radical (unpaired) electrons. The van der Waals surface area contributed by atoms with Gasteiger partial charge in [0.1, 0.15) is 17.6 Å². The van der Waals surface area contributed by atoms with E-state index in [-0.39, 0.29) is 0 Å². The molecule has 0 fully saturated rings. The second-order valence-corrected chi connectivity index (χ2v) is 2.75. The van der Waals surface area contributed by atoms with Gasteiger partial charge in [0.25, 0.3) is 0 Å². The van der Waals surface area contributed by atoms with Crippen molar-refractivity contribution in [2.45, 2.75) is 13.0 Å². The number of aliphatic carboxylic acids is 1. The van der Waals surface area contributed by atoms with Crippen molar-refractivity contribution in [1.82, 2.24) is 0 Å². The Morgan fingerprint density at radius 1 is 1.29 bits per heavy atom. The molecule has 0 amide bonds. The van der Waals surface area contributed by atoms with Crippen LogP contribution in [0.25, 0.3) is 0 Å². The Morgan fingerprint density at radius 3 is 2.21 bits per heavy atom. The van der Waals surface area contributed by atoms with Crippen LogP contribution in [0.1, 0.15) is 6.92 Å². The van der Waals surface area contributed by atoms with Crippen LogP contribution in [0, 0.1) is 0 Å². The van der Waals surface area contributed by atoms with Gasteiger partial charge in [-0.15, -0.1) is 0 Å². The fourth-order valence-corrected chi connectivity index (χ4v) is 0.907. The van der Waals surface area contributed by atoms with E-state index < -0.39 is 12.1 Å². The van der Waals surface area contributed by atoms with E-state index in [1.165, 1.54) is 6.92 Å². The van der Waals surface area contributed by atoms with Gasteiger partial charge in [0.05, 0.1) is 13.1 Å². The van der Waals surface area contributed by atoms with E-state index >= 15 is 0 Å². The van der Waals surface area contributed by atoms with Gasteiger partial charge in [0.2, 0.25) is 0 Å². The Hall–Kier alpha value is -1.71. The zero-order valence-electron chi connectivity index (χ0n) is 8.02. The molecule has 0 aliphatic carbocycles. The van der Waals surface area contributed by atoms with Gasteiger partial charge in [0.15, 0.2) is 0 Å². The van der Waals surface area contributed by atoms with Crippen LogP contribution in [-0.2, 0) is 4.79 Å². The minimum Gasteiger partial charge on any atom is -0.546 e. The van der Waals surface area contributed by atoms with Gasteiger partial charge in [-0.2, -0.15) is 0 Å². The molecule has 0 saturated carbocycles. The number of hydrogen-bond acceptors (Lipinski definition) is 4. The molecule has 0 aliphatic heterocycles. The summed E-state index contributed by atoms with van der Waals surface area (Å²) in [5.41, 5.74) is 0. The summed E-state index contributed by atoms with van der Waals surface area (Å²) >= 11 is 0. The number of hydrogen-bond donors (Lipinski definition) is 0. The van der Waals surface area contributed by atoms with Crippen molar-refractivity contribution in [2.24, 2.45) is 0 Å². The highest BCUT2D eigenvalue weighted by Gasteiger charge is 2.03. The molecule has 0 heterocycles. The Kier molecular flexibility index (Phi) is 3.34. The molecule has 4 heteroatoms. The summed E-state index contributed by atoms with van der Waals surface area (Å²) in [6.45, 7) is 1.42. The zero-order chi connectivity index (χ0) is 10.6. The third kappa shape index (κ3) is 2.65. The molecular formula is C10H11O4-. The first-order valence-electron chi connectivity index (χ1n) is 4.15. The first-order valence-corrected chi connectivity index (χ1v) is 4.15. The number of carbonyl (C=O) groups excluding carboxylic acids is 1. The molecule has 0 unspecified atom stereocenters. The number of rotatable bonds is 4. The number of ether oxygens (including phenoxy) is 2. The molecule has 0 bridgehead atoms. The van der Waals surface area contributed by atoms with E-state index in [2.05, 4.69) is 0 Å². The molecule has 0 spiro atoms. The smallest absolute Gasteiger partial charge is 0.135 e. The second kappa shape index (κ2) is 4.50. The van der Waals surface area contributed by atoms with E-state index in [4.69, 9.17) is 9.47 Å². The van der Waals surface area contributed by atoms with Crippen molar-refractivity contribution in [3.8, 4) is 11.5 Å². The number of carboxylic acid groups (broad SMARTS) is 1. The number of methoxy groups -OCH3 is 1. The van der Waals surface area contributed by atoms with Gasteiger partial charge in [-0.05, 0) is 31.2 Å². The van der Waals surface area contributed by atoms with Crippen molar-refractivity contribution in [3.63, 3.8) is 0 Å². The molecule has 76 valence electrons. The monoisotopic (exact) mass is 195 g/mol. The standard InChI is InChI=1S/C10H12O4/c1-7(10(11)12)14-9-5-3-8(13-2)4-6-9/h3-7H,1-2H3,(H,11,12)/p-1/t7-/m0/s1. The zero-order valence-corrected chi connectivity index (χ0v) is 8.02. The summed E-state index contributed by atoms with van der Waals surface area (Å²) in [7, 11) is 1.56. The molecular weight excluding hydrogens is 184 g/mol. The van der Waals surface area contributed by atoms with E-state index in [1.807, 2.05) is 0 Å². The average Bonchev–Trinajstić information content (AvgIpc) is 2.19. The van der Waals surface area contributed by atoms with Gasteiger partial charge < -0.3 is 19.4 Å². The van der Waals surface area contributed by atoms with Crippen LogP contribution in [0.2, 0.25) is 0 Å². The summed E-state index contributed by atoms with van der Waals surface area (Å²) in [5.74, 6) is -0.0678. The lowest BCUT2D eigenvalue weighted by atomic mass is 10.3. The molecule has 1 aromatic rings. The highest BCUT2D eigenvalue weighted by molar-refractivity contribution is 5.69. The van der Waals surface area contributed by atoms with Crippen LogP contribution in [0.15, 0.2) is 24.3 Å². The van der Waals surface area contributed by atoms with Crippen LogP contribution in [0.3, 0.4) is 0 Å². The van der Waals surface area contributed by atoms with Crippen LogP contribution in [0.5, 0.6) is 11.5 Å². The van der Waals surface area contributed by atoms with Crippen molar-refractivity contribution in [2.75, 3.05) is 7.11 Å².